The average molecular weight is 176 g/mol. The van der Waals surface area contributed by atoms with Gasteiger partial charge < -0.3 is 5.73 Å². The second-order valence-corrected chi connectivity index (χ2v) is 4.28. The predicted molar refractivity (Wildman–Crippen MR) is 53.4 cm³/mol. The molecule has 13 heavy (non-hydrogen) atoms. The Morgan fingerprint density at radius 2 is 2.08 bits per heavy atom. The van der Waals surface area contributed by atoms with Crippen molar-refractivity contribution in [2.75, 3.05) is 0 Å². The van der Waals surface area contributed by atoms with Gasteiger partial charge in [-0.1, -0.05) is 19.9 Å². The lowest BCUT2D eigenvalue weighted by Crippen LogP contribution is -2.18. The van der Waals surface area contributed by atoms with Gasteiger partial charge in [-0.25, -0.2) is 0 Å². The number of rotatable bonds is 2. The first-order chi connectivity index (χ1) is 6.12. The highest BCUT2D eigenvalue weighted by molar-refractivity contribution is 5.28. The monoisotopic (exact) mass is 176 g/mol. The van der Waals surface area contributed by atoms with Crippen LogP contribution < -0.4 is 5.73 Å². The van der Waals surface area contributed by atoms with E-state index in [0.29, 0.717) is 5.92 Å². The normalized spacial score (nSPS) is 19.1. The lowest BCUT2D eigenvalue weighted by Gasteiger charge is -2.10. The van der Waals surface area contributed by atoms with Crippen LogP contribution in [0.15, 0.2) is 18.3 Å². The van der Waals surface area contributed by atoms with E-state index < -0.39 is 0 Å². The average Bonchev–Trinajstić information content (AvgIpc) is 2.85. The standard InChI is InChI=1S/C11H16N2/c1-8(2)10-4-3-9(7-13-10)11(12)5-6-11/h3-4,7-8H,5-6,12H2,1-2H3. The highest BCUT2D eigenvalue weighted by Gasteiger charge is 2.40. The molecule has 70 valence electrons. The van der Waals surface area contributed by atoms with Gasteiger partial charge in [-0.3, -0.25) is 4.98 Å². The Bertz CT molecular complexity index is 296. The van der Waals surface area contributed by atoms with Crippen molar-refractivity contribution < 1.29 is 0 Å². The van der Waals surface area contributed by atoms with Crippen molar-refractivity contribution in [1.29, 1.82) is 0 Å². The molecule has 1 aromatic rings. The summed E-state index contributed by atoms with van der Waals surface area (Å²) < 4.78 is 0. The van der Waals surface area contributed by atoms with E-state index in [1.54, 1.807) is 0 Å². The fourth-order valence-electron chi connectivity index (χ4n) is 1.46. The zero-order valence-corrected chi connectivity index (χ0v) is 8.25. The van der Waals surface area contributed by atoms with Crippen LogP contribution in [0.2, 0.25) is 0 Å². The molecule has 2 heteroatoms. The van der Waals surface area contributed by atoms with Crippen LogP contribution in [0.3, 0.4) is 0 Å². The molecule has 1 fully saturated rings. The maximum Gasteiger partial charge on any atom is 0.0429 e. The van der Waals surface area contributed by atoms with Crippen molar-refractivity contribution in [3.63, 3.8) is 0 Å². The minimum Gasteiger partial charge on any atom is -0.321 e. The molecule has 1 aromatic heterocycles. The zero-order valence-electron chi connectivity index (χ0n) is 8.25. The quantitative estimate of drug-likeness (QED) is 0.750. The Balaban J connectivity index is 2.24. The molecule has 1 saturated carbocycles. The van der Waals surface area contributed by atoms with Crippen molar-refractivity contribution in [1.82, 2.24) is 4.98 Å². The molecule has 2 rings (SSSR count). The Labute approximate surface area is 79.2 Å². The summed E-state index contributed by atoms with van der Waals surface area (Å²) in [6, 6.07) is 4.21. The van der Waals surface area contributed by atoms with Crippen LogP contribution in [0.4, 0.5) is 0 Å². The van der Waals surface area contributed by atoms with E-state index in [9.17, 15) is 0 Å². The fraction of sp³-hybridized carbons (Fsp3) is 0.545. The number of pyridine rings is 1. The molecule has 0 saturated heterocycles. The third kappa shape index (κ3) is 1.59. The van der Waals surface area contributed by atoms with Crippen LogP contribution in [0.25, 0.3) is 0 Å². The van der Waals surface area contributed by atoms with Crippen LogP contribution in [-0.4, -0.2) is 4.98 Å². The van der Waals surface area contributed by atoms with Gasteiger partial charge in [-0.15, -0.1) is 0 Å². The van der Waals surface area contributed by atoms with Crippen molar-refractivity contribution in [2.24, 2.45) is 5.73 Å². The van der Waals surface area contributed by atoms with Gasteiger partial charge in [0.05, 0.1) is 0 Å². The van der Waals surface area contributed by atoms with Crippen molar-refractivity contribution >= 4 is 0 Å². The number of nitrogens with two attached hydrogens (primary N) is 1. The first-order valence-electron chi connectivity index (χ1n) is 4.87. The molecule has 0 aliphatic heterocycles. The second kappa shape index (κ2) is 2.81. The summed E-state index contributed by atoms with van der Waals surface area (Å²) >= 11 is 0. The molecule has 2 N–H and O–H groups in total. The SMILES string of the molecule is CC(C)c1ccc(C2(N)CC2)cn1. The van der Waals surface area contributed by atoms with Gasteiger partial charge in [-0.05, 0) is 30.4 Å². The molecule has 0 bridgehead atoms. The van der Waals surface area contributed by atoms with Gasteiger partial charge in [0.15, 0.2) is 0 Å². The van der Waals surface area contributed by atoms with E-state index in [4.69, 9.17) is 5.73 Å². The molecule has 0 spiro atoms. The summed E-state index contributed by atoms with van der Waals surface area (Å²) in [6.45, 7) is 4.30. The summed E-state index contributed by atoms with van der Waals surface area (Å²) in [5, 5.41) is 0. The topological polar surface area (TPSA) is 38.9 Å². The van der Waals surface area contributed by atoms with Crippen LogP contribution in [0.5, 0.6) is 0 Å². The summed E-state index contributed by atoms with van der Waals surface area (Å²) in [7, 11) is 0. The third-order valence-electron chi connectivity index (χ3n) is 2.74. The number of hydrogen-bond acceptors (Lipinski definition) is 2. The predicted octanol–water partition coefficient (Wildman–Crippen LogP) is 2.15. The summed E-state index contributed by atoms with van der Waals surface area (Å²) in [5.74, 6) is 0.502. The van der Waals surface area contributed by atoms with Crippen LogP contribution >= 0.6 is 0 Å². The molecule has 1 aliphatic rings. The third-order valence-corrected chi connectivity index (χ3v) is 2.74. The van der Waals surface area contributed by atoms with Crippen molar-refractivity contribution in [3.8, 4) is 0 Å². The molecule has 1 heterocycles. The van der Waals surface area contributed by atoms with Gasteiger partial charge in [0.25, 0.3) is 0 Å². The van der Waals surface area contributed by atoms with Gasteiger partial charge in [0.1, 0.15) is 0 Å². The molecule has 0 unspecified atom stereocenters. The van der Waals surface area contributed by atoms with E-state index in [0.717, 1.165) is 18.5 Å². The molecule has 2 nitrogen and oxygen atoms in total. The van der Waals surface area contributed by atoms with E-state index in [2.05, 4.69) is 31.0 Å². The number of nitrogens with zero attached hydrogens (tertiary/aromatic N) is 1. The molecular weight excluding hydrogens is 160 g/mol. The molecule has 0 aromatic carbocycles. The minimum atomic E-state index is -0.0392. The Morgan fingerprint density at radius 1 is 1.38 bits per heavy atom. The number of aromatic nitrogens is 1. The molecule has 0 amide bonds. The van der Waals surface area contributed by atoms with E-state index in [1.165, 1.54) is 5.56 Å². The smallest absolute Gasteiger partial charge is 0.0429 e. The Hall–Kier alpha value is -0.890. The Kier molecular flexibility index (Phi) is 1.88. The maximum atomic E-state index is 6.05. The molecule has 1 aliphatic carbocycles. The van der Waals surface area contributed by atoms with Gasteiger partial charge in [-0.2, -0.15) is 0 Å². The first kappa shape index (κ1) is 8.70. The minimum absolute atomic E-state index is 0.0392. The number of hydrogen-bond donors (Lipinski definition) is 1. The summed E-state index contributed by atoms with van der Waals surface area (Å²) in [5.41, 5.74) is 8.35. The lowest BCUT2D eigenvalue weighted by atomic mass is 10.1. The van der Waals surface area contributed by atoms with Crippen molar-refractivity contribution in [3.05, 3.63) is 29.6 Å². The van der Waals surface area contributed by atoms with Crippen molar-refractivity contribution in [2.45, 2.75) is 38.1 Å². The van der Waals surface area contributed by atoms with Crippen LogP contribution in [0, 0.1) is 0 Å². The Morgan fingerprint density at radius 3 is 2.46 bits per heavy atom. The first-order valence-corrected chi connectivity index (χ1v) is 4.87. The highest BCUT2D eigenvalue weighted by Crippen LogP contribution is 2.42. The van der Waals surface area contributed by atoms with Gasteiger partial charge in [0, 0.05) is 17.4 Å². The molecular formula is C11H16N2. The highest BCUT2D eigenvalue weighted by atomic mass is 14.8. The van der Waals surface area contributed by atoms with Crippen LogP contribution in [0.1, 0.15) is 43.9 Å². The van der Waals surface area contributed by atoms with E-state index in [1.807, 2.05) is 6.20 Å². The maximum absolute atomic E-state index is 6.05. The van der Waals surface area contributed by atoms with Gasteiger partial charge in [0.2, 0.25) is 0 Å². The van der Waals surface area contributed by atoms with Gasteiger partial charge >= 0.3 is 0 Å². The summed E-state index contributed by atoms with van der Waals surface area (Å²) in [4.78, 5) is 4.40. The molecule has 0 atom stereocenters. The fourth-order valence-corrected chi connectivity index (χ4v) is 1.46. The molecule has 0 radical (unpaired) electrons. The summed E-state index contributed by atoms with van der Waals surface area (Å²) in [6.07, 6.45) is 4.15. The zero-order chi connectivity index (χ0) is 9.47. The van der Waals surface area contributed by atoms with E-state index >= 15 is 0 Å². The van der Waals surface area contributed by atoms with E-state index in [-0.39, 0.29) is 5.54 Å². The second-order valence-electron chi connectivity index (χ2n) is 4.28. The lowest BCUT2D eigenvalue weighted by molar-refractivity contribution is 0.726. The largest absolute Gasteiger partial charge is 0.321 e. The van der Waals surface area contributed by atoms with Crippen LogP contribution in [-0.2, 0) is 5.54 Å².